The minimum atomic E-state index is -0.879. The molecular weight excluding hydrogens is 355 g/mol. The van der Waals surface area contributed by atoms with Gasteiger partial charge in [0.2, 0.25) is 0 Å². The predicted molar refractivity (Wildman–Crippen MR) is 91.5 cm³/mol. The highest BCUT2D eigenvalue weighted by molar-refractivity contribution is 6.36. The van der Waals surface area contributed by atoms with Gasteiger partial charge in [-0.2, -0.15) is 0 Å². The quantitative estimate of drug-likeness (QED) is 0.498. The van der Waals surface area contributed by atoms with E-state index in [4.69, 9.17) is 38.4 Å². The zero-order valence-corrected chi connectivity index (χ0v) is 14.2. The van der Waals surface area contributed by atoms with Crippen LogP contribution in [-0.2, 0) is 16.2 Å². The summed E-state index contributed by atoms with van der Waals surface area (Å²) in [7, 11) is 1.27. The van der Waals surface area contributed by atoms with Crippen LogP contribution in [0.2, 0.25) is 10.0 Å². The molecule has 0 unspecified atom stereocenters. The number of halogens is 2. The highest BCUT2D eigenvalue weighted by atomic mass is 35.5. The second-order valence-electron chi connectivity index (χ2n) is 4.55. The SMILES string of the molecule is CON=C(Oc1cc(COc2ccc(Cl)cc2)ccc1Cl)C(N)=O. The molecule has 0 aliphatic carbocycles. The lowest BCUT2D eigenvalue weighted by Gasteiger charge is -2.10. The number of hydrogen-bond donors (Lipinski definition) is 1. The van der Waals surface area contributed by atoms with Crippen molar-refractivity contribution in [3.8, 4) is 11.5 Å². The minimum Gasteiger partial charge on any atom is -0.489 e. The van der Waals surface area contributed by atoms with Crippen molar-refractivity contribution in [2.24, 2.45) is 10.9 Å². The molecule has 2 N–H and O–H groups in total. The average Bonchev–Trinajstić information content (AvgIpc) is 2.56. The van der Waals surface area contributed by atoms with Gasteiger partial charge in [0.15, 0.2) is 0 Å². The summed E-state index contributed by atoms with van der Waals surface area (Å²) >= 11 is 11.9. The van der Waals surface area contributed by atoms with Crippen LogP contribution in [0.5, 0.6) is 11.5 Å². The van der Waals surface area contributed by atoms with Gasteiger partial charge in [-0.1, -0.05) is 29.3 Å². The number of carbonyl (C=O) groups excluding carboxylic acids is 1. The molecule has 0 aliphatic heterocycles. The van der Waals surface area contributed by atoms with Gasteiger partial charge in [-0.3, -0.25) is 4.79 Å². The third-order valence-electron chi connectivity index (χ3n) is 2.81. The van der Waals surface area contributed by atoms with E-state index in [0.29, 0.717) is 10.8 Å². The fourth-order valence-corrected chi connectivity index (χ4v) is 2.00. The number of rotatable bonds is 5. The molecular formula is C16H14Cl2N2O4. The van der Waals surface area contributed by atoms with Crippen LogP contribution in [-0.4, -0.2) is 18.9 Å². The first-order valence-electron chi connectivity index (χ1n) is 6.75. The largest absolute Gasteiger partial charge is 0.489 e. The molecule has 8 heteroatoms. The van der Waals surface area contributed by atoms with E-state index in [9.17, 15) is 4.79 Å². The smallest absolute Gasteiger partial charge is 0.321 e. The molecule has 6 nitrogen and oxygen atoms in total. The maximum Gasteiger partial charge on any atom is 0.321 e. The maximum atomic E-state index is 11.2. The van der Waals surface area contributed by atoms with Crippen LogP contribution in [0.1, 0.15) is 5.56 Å². The van der Waals surface area contributed by atoms with Crippen LogP contribution in [0.4, 0.5) is 0 Å². The van der Waals surface area contributed by atoms with Crippen molar-refractivity contribution in [2.75, 3.05) is 7.11 Å². The van der Waals surface area contributed by atoms with Crippen LogP contribution in [0.15, 0.2) is 47.6 Å². The lowest BCUT2D eigenvalue weighted by Crippen LogP contribution is -2.28. The first-order chi connectivity index (χ1) is 11.5. The van der Waals surface area contributed by atoms with Gasteiger partial charge in [0.05, 0.1) is 5.02 Å². The molecule has 0 fully saturated rings. The van der Waals surface area contributed by atoms with Crippen molar-refractivity contribution >= 4 is 35.0 Å². The van der Waals surface area contributed by atoms with E-state index in [1.807, 2.05) is 0 Å². The van der Waals surface area contributed by atoms with Gasteiger partial charge in [-0.05, 0) is 47.1 Å². The summed E-state index contributed by atoms with van der Waals surface area (Å²) in [6, 6.07) is 12.0. The molecule has 0 aromatic heterocycles. The van der Waals surface area contributed by atoms with Gasteiger partial charge in [-0.15, -0.1) is 0 Å². The minimum absolute atomic E-state index is 0.212. The fraction of sp³-hybridized carbons (Fsp3) is 0.125. The highest BCUT2D eigenvalue weighted by Gasteiger charge is 2.14. The normalized spacial score (nSPS) is 11.0. The summed E-state index contributed by atoms with van der Waals surface area (Å²) < 4.78 is 10.9. The van der Waals surface area contributed by atoms with Gasteiger partial charge in [-0.25, -0.2) is 0 Å². The summed E-state index contributed by atoms with van der Waals surface area (Å²) in [5.41, 5.74) is 5.92. The summed E-state index contributed by atoms with van der Waals surface area (Å²) in [5.74, 6) is -0.412. The van der Waals surface area contributed by atoms with E-state index in [0.717, 1.165) is 5.56 Å². The Labute approximate surface area is 148 Å². The molecule has 0 bridgehead atoms. The van der Waals surface area contributed by atoms with Crippen molar-refractivity contribution in [3.63, 3.8) is 0 Å². The number of hydrogen-bond acceptors (Lipinski definition) is 5. The van der Waals surface area contributed by atoms with E-state index in [-0.39, 0.29) is 17.4 Å². The molecule has 1 amide bonds. The van der Waals surface area contributed by atoms with Crippen LogP contribution < -0.4 is 15.2 Å². The van der Waals surface area contributed by atoms with Crippen molar-refractivity contribution < 1.29 is 19.1 Å². The Balaban J connectivity index is 2.11. The van der Waals surface area contributed by atoms with Gasteiger partial charge >= 0.3 is 11.8 Å². The zero-order valence-electron chi connectivity index (χ0n) is 12.7. The first-order valence-corrected chi connectivity index (χ1v) is 7.51. The van der Waals surface area contributed by atoms with Gasteiger partial charge < -0.3 is 20.0 Å². The van der Waals surface area contributed by atoms with E-state index in [1.165, 1.54) is 7.11 Å². The van der Waals surface area contributed by atoms with Gasteiger partial charge in [0.1, 0.15) is 25.2 Å². The molecule has 0 heterocycles. The number of primary amides is 1. The summed E-state index contributed by atoms with van der Waals surface area (Å²) in [6.45, 7) is 0.266. The molecule has 0 atom stereocenters. The average molecular weight is 369 g/mol. The van der Waals surface area contributed by atoms with Crippen molar-refractivity contribution in [3.05, 3.63) is 58.1 Å². The fourth-order valence-electron chi connectivity index (χ4n) is 1.71. The Morgan fingerprint density at radius 2 is 1.88 bits per heavy atom. The number of benzene rings is 2. The summed E-state index contributed by atoms with van der Waals surface area (Å²) in [5, 5.41) is 4.32. The van der Waals surface area contributed by atoms with Gasteiger partial charge in [0, 0.05) is 5.02 Å². The second kappa shape index (κ2) is 8.42. The number of ether oxygens (including phenoxy) is 2. The molecule has 0 radical (unpaired) electrons. The molecule has 2 aromatic rings. The Morgan fingerprint density at radius 1 is 1.17 bits per heavy atom. The predicted octanol–water partition coefficient (Wildman–Crippen LogP) is 3.40. The Kier molecular flexibility index (Phi) is 6.28. The molecule has 0 saturated heterocycles. The number of amides is 1. The Bertz CT molecular complexity index is 748. The summed E-state index contributed by atoms with van der Waals surface area (Å²) in [6.07, 6.45) is 0. The third-order valence-corrected chi connectivity index (χ3v) is 3.37. The van der Waals surface area contributed by atoms with Crippen LogP contribution >= 0.6 is 23.2 Å². The standard InChI is InChI=1S/C16H14Cl2N2O4/c1-22-20-16(15(19)21)24-14-8-10(2-7-13(14)18)9-23-12-5-3-11(17)4-6-12/h2-8H,9H2,1H3,(H2,19,21). The molecule has 0 spiro atoms. The number of carbonyl (C=O) groups is 1. The van der Waals surface area contributed by atoms with Crippen LogP contribution in [0, 0.1) is 0 Å². The van der Waals surface area contributed by atoms with Crippen molar-refractivity contribution in [1.29, 1.82) is 0 Å². The molecule has 2 rings (SSSR count). The Morgan fingerprint density at radius 3 is 2.50 bits per heavy atom. The zero-order chi connectivity index (χ0) is 17.5. The molecule has 0 aliphatic rings. The van der Waals surface area contributed by atoms with E-state index >= 15 is 0 Å². The molecule has 24 heavy (non-hydrogen) atoms. The Hall–Kier alpha value is -2.44. The van der Waals surface area contributed by atoms with E-state index in [2.05, 4.69) is 9.99 Å². The van der Waals surface area contributed by atoms with Gasteiger partial charge in [0.25, 0.3) is 0 Å². The van der Waals surface area contributed by atoms with Crippen LogP contribution in [0.3, 0.4) is 0 Å². The second-order valence-corrected chi connectivity index (χ2v) is 5.40. The van der Waals surface area contributed by atoms with Crippen LogP contribution in [0.25, 0.3) is 0 Å². The summed E-state index contributed by atoms with van der Waals surface area (Å²) in [4.78, 5) is 15.7. The third kappa shape index (κ3) is 5.04. The first kappa shape index (κ1) is 17.9. The van der Waals surface area contributed by atoms with E-state index in [1.54, 1.807) is 42.5 Å². The van der Waals surface area contributed by atoms with E-state index < -0.39 is 11.8 Å². The lowest BCUT2D eigenvalue weighted by molar-refractivity contribution is -0.113. The number of nitrogens with two attached hydrogens (primary N) is 1. The lowest BCUT2D eigenvalue weighted by atomic mass is 10.2. The maximum absolute atomic E-state index is 11.2. The monoisotopic (exact) mass is 368 g/mol. The molecule has 0 saturated carbocycles. The number of oxime groups is 1. The highest BCUT2D eigenvalue weighted by Crippen LogP contribution is 2.27. The van der Waals surface area contributed by atoms with Crippen molar-refractivity contribution in [1.82, 2.24) is 0 Å². The topological polar surface area (TPSA) is 83.1 Å². The molecule has 126 valence electrons. The molecule has 2 aromatic carbocycles. The number of nitrogens with zero attached hydrogens (tertiary/aromatic N) is 1. The van der Waals surface area contributed by atoms with Crippen molar-refractivity contribution in [2.45, 2.75) is 6.61 Å².